The van der Waals surface area contributed by atoms with Gasteiger partial charge in [-0.25, -0.2) is 0 Å². The lowest BCUT2D eigenvalue weighted by Crippen LogP contribution is -2.05. The van der Waals surface area contributed by atoms with E-state index in [1.165, 1.54) is 18.3 Å². The average molecular weight is 339 g/mol. The van der Waals surface area contributed by atoms with Gasteiger partial charge in [-0.05, 0) is 24.3 Å². The Bertz CT molecular complexity index is 900. The predicted octanol–water partition coefficient (Wildman–Crippen LogP) is 5.30. The molecule has 0 atom stereocenters. The molecule has 7 heteroatoms. The number of aromatic nitrogens is 1. The Morgan fingerprint density at radius 2 is 1.87 bits per heavy atom. The van der Waals surface area contributed by atoms with E-state index in [4.69, 9.17) is 11.6 Å². The molecule has 0 bridgehead atoms. The van der Waals surface area contributed by atoms with Crippen LogP contribution in [0, 0.1) is 0 Å². The van der Waals surface area contributed by atoms with Gasteiger partial charge in [0, 0.05) is 22.1 Å². The quantitative estimate of drug-likeness (QED) is 0.612. The second-order valence-electron chi connectivity index (χ2n) is 4.85. The van der Waals surface area contributed by atoms with E-state index in [9.17, 15) is 18.3 Å². The first-order valence-electron chi connectivity index (χ1n) is 6.57. The monoisotopic (exact) mass is 338 g/mol. The standard InChI is InChI=1S/C16H10ClF3N2O/c17-9-5-6-14(12(7-9)16(18,19)20)21-8-11-10-3-1-2-4-13(10)22-15(11)23/h1-8,22-23H. The van der Waals surface area contributed by atoms with Crippen LogP contribution in [0.15, 0.2) is 47.5 Å². The Morgan fingerprint density at radius 3 is 2.61 bits per heavy atom. The van der Waals surface area contributed by atoms with E-state index in [1.54, 1.807) is 24.3 Å². The highest BCUT2D eigenvalue weighted by Crippen LogP contribution is 2.38. The molecule has 0 saturated carbocycles. The van der Waals surface area contributed by atoms with E-state index in [0.717, 1.165) is 6.07 Å². The van der Waals surface area contributed by atoms with Gasteiger partial charge in [-0.15, -0.1) is 0 Å². The molecule has 0 fully saturated rings. The molecule has 0 radical (unpaired) electrons. The molecule has 3 nitrogen and oxygen atoms in total. The number of benzene rings is 2. The lowest BCUT2D eigenvalue weighted by molar-refractivity contribution is -0.137. The number of para-hydroxylation sites is 1. The molecule has 3 rings (SSSR count). The largest absolute Gasteiger partial charge is 0.494 e. The zero-order valence-electron chi connectivity index (χ0n) is 11.5. The summed E-state index contributed by atoms with van der Waals surface area (Å²) in [5.74, 6) is -0.155. The SMILES string of the molecule is Oc1[nH]c2ccccc2c1C=Nc1ccc(Cl)cc1C(F)(F)F. The Kier molecular flexibility index (Phi) is 3.77. The number of aromatic hydroxyl groups is 1. The van der Waals surface area contributed by atoms with Gasteiger partial charge in [-0.3, -0.25) is 4.99 Å². The van der Waals surface area contributed by atoms with Crippen molar-refractivity contribution in [3.8, 4) is 5.88 Å². The third kappa shape index (κ3) is 3.03. The molecule has 0 aliphatic carbocycles. The van der Waals surface area contributed by atoms with Crippen LogP contribution in [-0.2, 0) is 6.18 Å². The molecule has 2 aromatic carbocycles. The normalized spacial score (nSPS) is 12.3. The molecule has 0 aliphatic heterocycles. The summed E-state index contributed by atoms with van der Waals surface area (Å²) < 4.78 is 39.1. The summed E-state index contributed by atoms with van der Waals surface area (Å²) in [4.78, 5) is 6.62. The summed E-state index contributed by atoms with van der Waals surface area (Å²) in [6.45, 7) is 0. The lowest BCUT2D eigenvalue weighted by Gasteiger charge is -2.09. The van der Waals surface area contributed by atoms with Crippen molar-refractivity contribution in [2.24, 2.45) is 4.99 Å². The number of rotatable bonds is 2. The molecule has 118 valence electrons. The van der Waals surface area contributed by atoms with Gasteiger partial charge >= 0.3 is 6.18 Å². The summed E-state index contributed by atoms with van der Waals surface area (Å²) in [6.07, 6.45) is -3.37. The van der Waals surface area contributed by atoms with E-state index in [-0.39, 0.29) is 16.6 Å². The van der Waals surface area contributed by atoms with Crippen molar-refractivity contribution in [3.05, 3.63) is 58.6 Å². The van der Waals surface area contributed by atoms with E-state index in [1.807, 2.05) is 0 Å². The van der Waals surface area contributed by atoms with Crippen molar-refractivity contribution in [1.82, 2.24) is 4.98 Å². The van der Waals surface area contributed by atoms with E-state index in [2.05, 4.69) is 9.98 Å². The van der Waals surface area contributed by atoms with Gasteiger partial charge in [0.1, 0.15) is 0 Å². The number of aliphatic imine (C=N–C) groups is 1. The smallest absolute Gasteiger partial charge is 0.418 e. The van der Waals surface area contributed by atoms with Crippen molar-refractivity contribution in [2.45, 2.75) is 6.18 Å². The highest BCUT2D eigenvalue weighted by Gasteiger charge is 2.33. The van der Waals surface area contributed by atoms with Gasteiger partial charge in [0.25, 0.3) is 0 Å². The summed E-state index contributed by atoms with van der Waals surface area (Å²) in [5.41, 5.74) is -0.213. The molecule has 0 unspecified atom stereocenters. The van der Waals surface area contributed by atoms with Gasteiger partial charge in [-0.1, -0.05) is 29.8 Å². The van der Waals surface area contributed by atoms with Gasteiger partial charge in [0.2, 0.25) is 0 Å². The van der Waals surface area contributed by atoms with Crippen LogP contribution in [0.25, 0.3) is 10.9 Å². The lowest BCUT2D eigenvalue weighted by atomic mass is 10.1. The number of fused-ring (bicyclic) bond motifs is 1. The van der Waals surface area contributed by atoms with Crippen molar-refractivity contribution in [3.63, 3.8) is 0 Å². The number of nitrogens with zero attached hydrogens (tertiary/aromatic N) is 1. The van der Waals surface area contributed by atoms with Crippen LogP contribution in [0.4, 0.5) is 18.9 Å². The van der Waals surface area contributed by atoms with Crippen LogP contribution < -0.4 is 0 Å². The number of nitrogens with one attached hydrogen (secondary N) is 1. The van der Waals surface area contributed by atoms with Crippen molar-refractivity contribution >= 4 is 34.4 Å². The zero-order chi connectivity index (χ0) is 16.6. The van der Waals surface area contributed by atoms with E-state index >= 15 is 0 Å². The second kappa shape index (κ2) is 5.62. The fourth-order valence-corrected chi connectivity index (χ4v) is 2.43. The van der Waals surface area contributed by atoms with Crippen LogP contribution in [0.3, 0.4) is 0 Å². The third-order valence-electron chi connectivity index (χ3n) is 3.32. The maximum absolute atomic E-state index is 13.0. The summed E-state index contributed by atoms with van der Waals surface area (Å²) in [7, 11) is 0. The minimum absolute atomic E-state index is 0.0220. The van der Waals surface area contributed by atoms with Gasteiger partial charge in [0.15, 0.2) is 5.88 Å². The maximum Gasteiger partial charge on any atom is 0.418 e. The molecule has 1 heterocycles. The topological polar surface area (TPSA) is 48.4 Å². The molecule has 0 spiro atoms. The van der Waals surface area contributed by atoms with Crippen LogP contribution in [0.2, 0.25) is 5.02 Å². The van der Waals surface area contributed by atoms with E-state index < -0.39 is 11.7 Å². The van der Waals surface area contributed by atoms with Crippen molar-refractivity contribution in [1.29, 1.82) is 0 Å². The molecule has 2 N–H and O–H groups in total. The van der Waals surface area contributed by atoms with Crippen LogP contribution >= 0.6 is 11.6 Å². The van der Waals surface area contributed by atoms with Crippen LogP contribution in [0.5, 0.6) is 5.88 Å². The molecule has 0 aliphatic rings. The number of halogens is 4. The Balaban J connectivity index is 2.08. The number of aromatic amines is 1. The van der Waals surface area contributed by atoms with Gasteiger partial charge in [0.05, 0.1) is 16.8 Å². The first kappa shape index (κ1) is 15.4. The van der Waals surface area contributed by atoms with Crippen molar-refractivity contribution in [2.75, 3.05) is 0 Å². The highest BCUT2D eigenvalue weighted by molar-refractivity contribution is 6.30. The Hall–Kier alpha value is -2.47. The average Bonchev–Trinajstić information content (AvgIpc) is 2.80. The molecule has 3 aromatic rings. The number of hydrogen-bond acceptors (Lipinski definition) is 2. The molecule has 23 heavy (non-hydrogen) atoms. The van der Waals surface area contributed by atoms with Crippen molar-refractivity contribution < 1.29 is 18.3 Å². The zero-order valence-corrected chi connectivity index (χ0v) is 12.3. The van der Waals surface area contributed by atoms with Gasteiger partial charge in [-0.2, -0.15) is 13.2 Å². The second-order valence-corrected chi connectivity index (χ2v) is 5.29. The minimum atomic E-state index is -4.57. The van der Waals surface area contributed by atoms with E-state index in [0.29, 0.717) is 16.5 Å². The maximum atomic E-state index is 13.0. The van der Waals surface area contributed by atoms with Crippen LogP contribution in [0.1, 0.15) is 11.1 Å². The molecular formula is C16H10ClF3N2O. The number of alkyl halides is 3. The highest BCUT2D eigenvalue weighted by atomic mass is 35.5. The summed E-state index contributed by atoms with van der Waals surface area (Å²) >= 11 is 5.63. The predicted molar refractivity (Wildman–Crippen MR) is 83.7 cm³/mol. The minimum Gasteiger partial charge on any atom is -0.494 e. The summed E-state index contributed by atoms with van der Waals surface area (Å²) in [6, 6.07) is 10.4. The molecule has 0 amide bonds. The van der Waals surface area contributed by atoms with Gasteiger partial charge < -0.3 is 10.1 Å². The Morgan fingerprint density at radius 1 is 1.13 bits per heavy atom. The number of hydrogen-bond donors (Lipinski definition) is 2. The summed E-state index contributed by atoms with van der Waals surface area (Å²) in [5, 5.41) is 10.5. The van der Waals surface area contributed by atoms with Crippen LogP contribution in [-0.4, -0.2) is 16.3 Å². The molecule has 1 aromatic heterocycles. The first-order chi connectivity index (χ1) is 10.9. The third-order valence-corrected chi connectivity index (χ3v) is 3.56. The molecule has 0 saturated heterocycles. The first-order valence-corrected chi connectivity index (χ1v) is 6.94. The Labute approximate surface area is 134 Å². The number of H-pyrrole nitrogens is 1. The fraction of sp³-hybridized carbons (Fsp3) is 0.0625. The fourth-order valence-electron chi connectivity index (χ4n) is 2.26. The molecular weight excluding hydrogens is 329 g/mol.